The highest BCUT2D eigenvalue weighted by Crippen LogP contribution is 2.42. The number of aromatic hydroxyl groups is 1. The Balaban J connectivity index is 0.00000280. The number of nitrogens with zero attached hydrogens (tertiary/aromatic N) is 4. The summed E-state index contributed by atoms with van der Waals surface area (Å²) in [6.07, 6.45) is 3.43. The summed E-state index contributed by atoms with van der Waals surface area (Å²) in [6, 6.07) is 20.1. The first kappa shape index (κ1) is 40.6. The molecule has 1 aliphatic rings. The summed E-state index contributed by atoms with van der Waals surface area (Å²) in [7, 11) is 2.16. The molecule has 12 nitrogen and oxygen atoms in total. The molecule has 7 rings (SSSR count). The number of carboxylic acid groups (broad SMARTS) is 1. The molecule has 1 fully saturated rings. The fraction of sp³-hybridized carbons (Fsp3) is 0.368. The Morgan fingerprint density at radius 3 is 2.44 bits per heavy atom. The zero-order valence-corrected chi connectivity index (χ0v) is 31.2. The minimum atomic E-state index is -1.47. The van der Waals surface area contributed by atoms with Crippen molar-refractivity contribution in [3.8, 4) is 5.75 Å². The maximum Gasteiger partial charge on any atom is 0.347 e. The van der Waals surface area contributed by atoms with Gasteiger partial charge in [0.1, 0.15) is 11.3 Å². The Labute approximate surface area is 317 Å². The Morgan fingerprint density at radius 2 is 1.78 bits per heavy atom. The number of nitrogens with one attached hydrogen (secondary N) is 2. The van der Waals surface area contributed by atoms with E-state index in [1.807, 2.05) is 57.9 Å². The third-order valence-corrected chi connectivity index (χ3v) is 12.0. The van der Waals surface area contributed by atoms with Gasteiger partial charge in [0, 0.05) is 37.1 Å². The van der Waals surface area contributed by atoms with E-state index in [0.717, 1.165) is 61.8 Å². The molecule has 0 bridgehead atoms. The fourth-order valence-corrected chi connectivity index (χ4v) is 9.08. The number of aryl methyl sites for hydroxylation is 1. The van der Waals surface area contributed by atoms with E-state index in [0.29, 0.717) is 38.8 Å². The number of rotatable bonds is 15. The molecule has 6 aromatic rings. The van der Waals surface area contributed by atoms with Crippen LogP contribution < -0.4 is 10.9 Å². The molecule has 0 radical (unpaired) electrons. The quantitative estimate of drug-likeness (QED) is 0.0846. The lowest BCUT2D eigenvalue weighted by Gasteiger charge is -2.38. The number of aliphatic hydroxyl groups is 1. The number of H-pyrrole nitrogens is 1. The van der Waals surface area contributed by atoms with Crippen LogP contribution in [0.5, 0.6) is 5.75 Å². The summed E-state index contributed by atoms with van der Waals surface area (Å²) in [5.41, 5.74) is 1.92. The summed E-state index contributed by atoms with van der Waals surface area (Å²) < 4.78 is 8.50. The van der Waals surface area contributed by atoms with Crippen molar-refractivity contribution in [3.05, 3.63) is 109 Å². The number of phenols is 1. The zero-order chi connectivity index (χ0) is 36.2. The van der Waals surface area contributed by atoms with Gasteiger partial charge in [0.2, 0.25) is 11.2 Å². The first-order valence-electron chi connectivity index (χ1n) is 17.5. The lowest BCUT2D eigenvalue weighted by Crippen LogP contribution is -2.44. The molecule has 54 heavy (non-hydrogen) atoms. The number of fused-ring (bicyclic) bond motifs is 2. The predicted molar refractivity (Wildman–Crippen MR) is 207 cm³/mol. The Hall–Kier alpha value is -4.58. The molecule has 4 aromatic heterocycles. The lowest BCUT2D eigenvalue weighted by atomic mass is 9.90. The standard InChI is InChI=1S/C38H42N6O6S2.2FH/c1-43(25-8-10-26(11-9-25)50-38(37(48)49,33-5-2-19-51-33)34-6-3-20-52-34)17-4-18-44-30-14-7-24(21-29(30)41-42-44)22-39-23-32(46)27-12-15-31(45)36-28(27)13-16-35(47)40-36;;/h2-3,5-7,12-16,19-21,25-26,32,39,45-46H,4,8-11,17-18,22-23H2,1H3,(H,40,47)(H,48,49);2*1H/t25-,26-,32-;;/m0../s1. The molecule has 0 unspecified atom stereocenters. The molecule has 0 aliphatic heterocycles. The summed E-state index contributed by atoms with van der Waals surface area (Å²) >= 11 is 2.84. The first-order valence-corrected chi connectivity index (χ1v) is 19.2. The number of benzene rings is 2. The van der Waals surface area contributed by atoms with E-state index in [9.17, 15) is 24.9 Å². The van der Waals surface area contributed by atoms with Gasteiger partial charge in [-0.2, -0.15) is 0 Å². The van der Waals surface area contributed by atoms with Crippen molar-refractivity contribution in [3.63, 3.8) is 0 Å². The SMILES string of the molecule is CN(CCCn1nnc2cc(CNC[C@H](O)c3ccc(O)c4[nH]c(=O)ccc34)ccc21)[C@H]1CC[C@H](OC(C(=O)O)(c2cccs2)c2cccs2)CC1.F.F. The predicted octanol–water partition coefficient (Wildman–Crippen LogP) is 5.91. The molecule has 1 atom stereocenters. The molecule has 0 saturated heterocycles. The van der Waals surface area contributed by atoms with Crippen LogP contribution in [-0.2, 0) is 28.2 Å². The van der Waals surface area contributed by atoms with Crippen molar-refractivity contribution < 1.29 is 34.3 Å². The van der Waals surface area contributed by atoms with Crippen molar-refractivity contribution in [2.24, 2.45) is 0 Å². The Kier molecular flexibility index (Phi) is 13.3. The van der Waals surface area contributed by atoms with E-state index in [-0.39, 0.29) is 33.4 Å². The monoisotopic (exact) mass is 782 g/mol. The van der Waals surface area contributed by atoms with Crippen LogP contribution in [0.15, 0.2) is 82.3 Å². The maximum absolute atomic E-state index is 12.8. The molecule has 1 aliphatic carbocycles. The largest absolute Gasteiger partial charge is 0.506 e. The normalized spacial score (nSPS) is 16.6. The third-order valence-electron chi connectivity index (χ3n) is 10.0. The van der Waals surface area contributed by atoms with Gasteiger partial charge >= 0.3 is 5.97 Å². The number of carbonyl (C=O) groups is 1. The van der Waals surface area contributed by atoms with Crippen LogP contribution in [-0.4, -0.2) is 78.4 Å². The summed E-state index contributed by atoms with van der Waals surface area (Å²) in [6.45, 7) is 2.43. The van der Waals surface area contributed by atoms with E-state index in [4.69, 9.17) is 4.74 Å². The van der Waals surface area contributed by atoms with Crippen molar-refractivity contribution in [2.45, 2.75) is 69.0 Å². The molecular weight excluding hydrogens is 739 g/mol. The average Bonchev–Trinajstić information content (AvgIpc) is 3.95. The number of thiophene rings is 2. The van der Waals surface area contributed by atoms with Crippen LogP contribution in [0.25, 0.3) is 21.9 Å². The van der Waals surface area contributed by atoms with Crippen molar-refractivity contribution in [2.75, 3.05) is 20.1 Å². The number of ether oxygens (including phenoxy) is 1. The Morgan fingerprint density at radius 1 is 1.06 bits per heavy atom. The van der Waals surface area contributed by atoms with E-state index in [2.05, 4.69) is 32.6 Å². The minimum absolute atomic E-state index is 0. The van der Waals surface area contributed by atoms with Gasteiger partial charge in [0.25, 0.3) is 0 Å². The fourth-order valence-electron chi connectivity index (χ4n) is 7.27. The van der Waals surface area contributed by atoms with Crippen LogP contribution in [0, 0.1) is 0 Å². The highest BCUT2D eigenvalue weighted by atomic mass is 32.1. The molecule has 2 aromatic carbocycles. The molecule has 1 saturated carbocycles. The second-order valence-electron chi connectivity index (χ2n) is 13.4. The number of aliphatic carboxylic acids is 1. The number of aromatic nitrogens is 4. The molecule has 16 heteroatoms. The highest BCUT2D eigenvalue weighted by molar-refractivity contribution is 7.12. The van der Waals surface area contributed by atoms with Crippen molar-refractivity contribution in [1.82, 2.24) is 30.2 Å². The highest BCUT2D eigenvalue weighted by Gasteiger charge is 2.48. The van der Waals surface area contributed by atoms with Gasteiger partial charge in [0.15, 0.2) is 0 Å². The van der Waals surface area contributed by atoms with Gasteiger partial charge in [0.05, 0.1) is 33.0 Å². The summed E-state index contributed by atoms with van der Waals surface area (Å²) in [4.78, 5) is 30.9. The van der Waals surface area contributed by atoms with Crippen LogP contribution in [0.2, 0.25) is 0 Å². The van der Waals surface area contributed by atoms with Gasteiger partial charge in [-0.05, 0) is 104 Å². The molecule has 4 heterocycles. The van der Waals surface area contributed by atoms with Crippen molar-refractivity contribution >= 4 is 50.6 Å². The van der Waals surface area contributed by atoms with Gasteiger partial charge in [-0.1, -0.05) is 29.5 Å². The van der Waals surface area contributed by atoms with Crippen molar-refractivity contribution in [1.29, 1.82) is 0 Å². The second-order valence-corrected chi connectivity index (χ2v) is 15.3. The van der Waals surface area contributed by atoms with E-state index >= 15 is 0 Å². The van der Waals surface area contributed by atoms with Crippen LogP contribution in [0.4, 0.5) is 9.41 Å². The van der Waals surface area contributed by atoms with Gasteiger partial charge in [-0.3, -0.25) is 14.2 Å². The van der Waals surface area contributed by atoms with E-state index in [1.165, 1.54) is 34.8 Å². The maximum atomic E-state index is 12.8. The van der Waals surface area contributed by atoms with E-state index in [1.54, 1.807) is 12.1 Å². The summed E-state index contributed by atoms with van der Waals surface area (Å²) in [5.74, 6) is -1.01. The van der Waals surface area contributed by atoms with Crippen LogP contribution >= 0.6 is 22.7 Å². The smallest absolute Gasteiger partial charge is 0.347 e. The number of halogens is 2. The Bertz CT molecular complexity index is 2150. The minimum Gasteiger partial charge on any atom is -0.506 e. The molecular formula is C38H44F2N6O6S2. The van der Waals surface area contributed by atoms with Gasteiger partial charge in [-0.15, -0.1) is 27.8 Å². The van der Waals surface area contributed by atoms with Gasteiger partial charge in [-0.25, -0.2) is 9.48 Å². The van der Waals surface area contributed by atoms with Gasteiger partial charge < -0.3 is 35.3 Å². The third kappa shape index (κ3) is 8.38. The number of hydrogen-bond acceptors (Lipinski definition) is 11. The number of carboxylic acids is 1. The second kappa shape index (κ2) is 17.7. The number of aromatic amines is 1. The topological polar surface area (TPSA) is 166 Å². The number of phenolic OH excluding ortho intramolecular Hbond substituents is 1. The molecule has 0 spiro atoms. The van der Waals surface area contributed by atoms with E-state index < -0.39 is 17.7 Å². The summed E-state index contributed by atoms with van der Waals surface area (Å²) in [5, 5.41) is 48.0. The number of hydrogen-bond donors (Lipinski definition) is 5. The van der Waals surface area contributed by atoms with Crippen LogP contribution in [0.3, 0.4) is 0 Å². The number of pyridine rings is 1. The van der Waals surface area contributed by atoms with Crippen LogP contribution in [0.1, 0.15) is 59.1 Å². The lowest BCUT2D eigenvalue weighted by molar-refractivity contribution is -0.170. The number of aliphatic hydroxyl groups excluding tert-OH is 1. The zero-order valence-electron chi connectivity index (χ0n) is 29.6. The molecule has 5 N–H and O–H groups in total. The molecule has 288 valence electrons. The first-order chi connectivity index (χ1) is 25.2. The molecule has 0 amide bonds. The average molecular weight is 783 g/mol.